The molecule has 1 N–H and O–H groups in total. The molecule has 3 aromatic carbocycles. The molecule has 8 heteroatoms. The lowest BCUT2D eigenvalue weighted by molar-refractivity contribution is -0.384. The zero-order valence-electron chi connectivity index (χ0n) is 17.9. The summed E-state index contributed by atoms with van der Waals surface area (Å²) in [6.45, 7) is 2.36. The Kier molecular flexibility index (Phi) is 6.17. The van der Waals surface area contributed by atoms with Crippen LogP contribution in [0, 0.1) is 10.1 Å². The van der Waals surface area contributed by atoms with Gasteiger partial charge in [-0.25, -0.2) is 0 Å². The Labute approximate surface area is 189 Å². The number of aromatic amines is 1. The maximum Gasteiger partial charge on any atom is 0.270 e. The second kappa shape index (κ2) is 9.35. The molecule has 0 aliphatic carbocycles. The van der Waals surface area contributed by atoms with Gasteiger partial charge in [-0.2, -0.15) is 0 Å². The second-order valence-corrected chi connectivity index (χ2v) is 7.34. The van der Waals surface area contributed by atoms with Gasteiger partial charge in [0.1, 0.15) is 5.75 Å². The maximum absolute atomic E-state index is 13.5. The van der Waals surface area contributed by atoms with Gasteiger partial charge >= 0.3 is 0 Å². The maximum atomic E-state index is 13.5. The molecule has 0 saturated heterocycles. The number of anilines is 1. The normalized spacial score (nSPS) is 10.7. The molecule has 0 atom stereocenters. The summed E-state index contributed by atoms with van der Waals surface area (Å²) in [6.07, 6.45) is 0. The lowest BCUT2D eigenvalue weighted by Gasteiger charge is -2.23. The van der Waals surface area contributed by atoms with E-state index >= 15 is 0 Å². The van der Waals surface area contributed by atoms with Crippen LogP contribution in [0.25, 0.3) is 10.9 Å². The lowest BCUT2D eigenvalue weighted by atomic mass is 10.1. The average molecular weight is 443 g/mol. The standard InChI is InChI=1S/C25H21N3O5/c1-2-33-22-12-10-20(11-13-22)27(25(30)18-7-5-8-21(15-18)28(31)32)16-19-14-17-6-3-4-9-23(17)26-24(19)29/h3-15H,2,16H2,1H3,(H,26,29). The number of hydrogen-bond acceptors (Lipinski definition) is 5. The van der Waals surface area contributed by atoms with Crippen LogP contribution in [0.3, 0.4) is 0 Å². The SMILES string of the molecule is CCOc1ccc(N(Cc2cc3ccccc3[nH]c2=O)C(=O)c2cccc([N+](=O)[O-])c2)cc1. The van der Waals surface area contributed by atoms with Crippen LogP contribution in [-0.2, 0) is 6.54 Å². The second-order valence-electron chi connectivity index (χ2n) is 7.34. The summed E-state index contributed by atoms with van der Waals surface area (Å²) in [6, 6.07) is 21.6. The van der Waals surface area contributed by atoms with Crippen LogP contribution >= 0.6 is 0 Å². The fraction of sp³-hybridized carbons (Fsp3) is 0.120. The Bertz CT molecular complexity index is 1380. The predicted molar refractivity (Wildman–Crippen MR) is 126 cm³/mol. The van der Waals surface area contributed by atoms with E-state index in [0.29, 0.717) is 29.1 Å². The largest absolute Gasteiger partial charge is 0.494 e. The molecule has 33 heavy (non-hydrogen) atoms. The third-order valence-electron chi connectivity index (χ3n) is 5.17. The van der Waals surface area contributed by atoms with Crippen molar-refractivity contribution in [3.8, 4) is 5.75 Å². The van der Waals surface area contributed by atoms with Gasteiger partial charge in [-0.05, 0) is 54.8 Å². The van der Waals surface area contributed by atoms with Crippen molar-refractivity contribution in [3.63, 3.8) is 0 Å². The van der Waals surface area contributed by atoms with Crippen molar-refractivity contribution in [2.45, 2.75) is 13.5 Å². The highest BCUT2D eigenvalue weighted by Gasteiger charge is 2.22. The first-order chi connectivity index (χ1) is 16.0. The molecule has 166 valence electrons. The molecule has 4 rings (SSSR count). The minimum atomic E-state index is -0.550. The predicted octanol–water partition coefficient (Wildman–Crippen LogP) is 4.68. The molecule has 1 amide bonds. The molecule has 0 aliphatic heterocycles. The molecule has 0 radical (unpaired) electrons. The van der Waals surface area contributed by atoms with Crippen molar-refractivity contribution in [1.82, 2.24) is 4.98 Å². The topological polar surface area (TPSA) is 106 Å². The molecule has 0 bridgehead atoms. The molecular weight excluding hydrogens is 422 g/mol. The van der Waals surface area contributed by atoms with Gasteiger partial charge in [-0.1, -0.05) is 24.3 Å². The van der Waals surface area contributed by atoms with E-state index in [2.05, 4.69) is 4.98 Å². The van der Waals surface area contributed by atoms with Crippen LogP contribution in [-0.4, -0.2) is 22.4 Å². The van der Waals surface area contributed by atoms with Gasteiger partial charge in [0.2, 0.25) is 0 Å². The smallest absolute Gasteiger partial charge is 0.270 e. The fourth-order valence-electron chi connectivity index (χ4n) is 3.56. The summed E-state index contributed by atoms with van der Waals surface area (Å²) in [7, 11) is 0. The first kappa shape index (κ1) is 21.8. The molecule has 8 nitrogen and oxygen atoms in total. The van der Waals surface area contributed by atoms with Crippen LogP contribution in [0.2, 0.25) is 0 Å². The van der Waals surface area contributed by atoms with Crippen LogP contribution in [0.15, 0.2) is 83.7 Å². The number of pyridine rings is 1. The van der Waals surface area contributed by atoms with E-state index in [1.165, 1.54) is 29.2 Å². The highest BCUT2D eigenvalue weighted by atomic mass is 16.6. The molecular formula is C25H21N3O5. The number of H-pyrrole nitrogens is 1. The zero-order chi connectivity index (χ0) is 23.4. The van der Waals surface area contributed by atoms with Crippen molar-refractivity contribution in [1.29, 1.82) is 0 Å². The average Bonchev–Trinajstić information content (AvgIpc) is 2.83. The molecule has 4 aromatic rings. The number of para-hydroxylation sites is 1. The Morgan fingerprint density at radius 3 is 2.52 bits per heavy atom. The summed E-state index contributed by atoms with van der Waals surface area (Å²) in [5.41, 5.74) is 1.27. The summed E-state index contributed by atoms with van der Waals surface area (Å²) in [5.74, 6) is 0.183. The van der Waals surface area contributed by atoms with Crippen LogP contribution < -0.4 is 15.2 Å². The van der Waals surface area contributed by atoms with Gasteiger partial charge in [0.15, 0.2) is 0 Å². The third-order valence-corrected chi connectivity index (χ3v) is 5.17. The van der Waals surface area contributed by atoms with Gasteiger partial charge in [-0.3, -0.25) is 19.7 Å². The number of aromatic nitrogens is 1. The van der Waals surface area contributed by atoms with Crippen molar-refractivity contribution in [3.05, 3.63) is 110 Å². The summed E-state index contributed by atoms with van der Waals surface area (Å²) in [4.78, 5) is 41.1. The number of nitrogens with zero attached hydrogens (tertiary/aromatic N) is 2. The first-order valence-corrected chi connectivity index (χ1v) is 10.4. The molecule has 0 aliphatic rings. The van der Waals surface area contributed by atoms with E-state index < -0.39 is 10.8 Å². The van der Waals surface area contributed by atoms with Gasteiger partial charge in [-0.15, -0.1) is 0 Å². The van der Waals surface area contributed by atoms with Crippen LogP contribution in [0.1, 0.15) is 22.8 Å². The highest BCUT2D eigenvalue weighted by Crippen LogP contribution is 2.25. The summed E-state index contributed by atoms with van der Waals surface area (Å²) < 4.78 is 5.48. The number of amides is 1. The van der Waals surface area contributed by atoms with Crippen molar-refractivity contribution in [2.75, 3.05) is 11.5 Å². The van der Waals surface area contributed by atoms with Gasteiger partial charge in [0.25, 0.3) is 17.2 Å². The monoisotopic (exact) mass is 443 g/mol. The molecule has 0 saturated carbocycles. The van der Waals surface area contributed by atoms with Crippen molar-refractivity contribution >= 4 is 28.2 Å². The number of rotatable bonds is 7. The van der Waals surface area contributed by atoms with E-state index in [0.717, 1.165) is 5.39 Å². The summed E-state index contributed by atoms with van der Waals surface area (Å²) in [5, 5.41) is 12.0. The molecule has 1 heterocycles. The Morgan fingerprint density at radius 2 is 1.79 bits per heavy atom. The Morgan fingerprint density at radius 1 is 1.03 bits per heavy atom. The minimum absolute atomic E-state index is 0.0182. The quantitative estimate of drug-likeness (QED) is 0.330. The number of carbonyl (C=O) groups excluding carboxylic acids is 1. The van der Waals surface area contributed by atoms with Crippen molar-refractivity contribution < 1.29 is 14.5 Å². The minimum Gasteiger partial charge on any atom is -0.494 e. The zero-order valence-corrected chi connectivity index (χ0v) is 17.9. The summed E-state index contributed by atoms with van der Waals surface area (Å²) >= 11 is 0. The Balaban J connectivity index is 1.76. The van der Waals surface area contributed by atoms with E-state index in [4.69, 9.17) is 4.74 Å². The van der Waals surface area contributed by atoms with Gasteiger partial charge < -0.3 is 14.6 Å². The fourth-order valence-corrected chi connectivity index (χ4v) is 3.56. The number of nitrogens with one attached hydrogen (secondary N) is 1. The molecule has 0 fully saturated rings. The molecule has 0 spiro atoms. The van der Waals surface area contributed by atoms with Gasteiger partial charge in [0, 0.05) is 34.5 Å². The van der Waals surface area contributed by atoms with E-state index in [1.807, 2.05) is 25.1 Å². The lowest BCUT2D eigenvalue weighted by Crippen LogP contribution is -2.33. The van der Waals surface area contributed by atoms with Crippen LogP contribution in [0.5, 0.6) is 5.75 Å². The number of fused-ring (bicyclic) bond motifs is 1. The third kappa shape index (κ3) is 4.74. The van der Waals surface area contributed by atoms with E-state index in [1.54, 1.807) is 36.4 Å². The van der Waals surface area contributed by atoms with Gasteiger partial charge in [0.05, 0.1) is 18.1 Å². The number of ether oxygens (including phenoxy) is 1. The van der Waals surface area contributed by atoms with E-state index in [9.17, 15) is 19.7 Å². The highest BCUT2D eigenvalue weighted by molar-refractivity contribution is 6.06. The number of benzene rings is 3. The van der Waals surface area contributed by atoms with Crippen LogP contribution in [0.4, 0.5) is 11.4 Å². The van der Waals surface area contributed by atoms with Crippen molar-refractivity contribution in [2.24, 2.45) is 0 Å². The number of hydrogen-bond donors (Lipinski definition) is 1. The Hall–Kier alpha value is -4.46. The first-order valence-electron chi connectivity index (χ1n) is 10.4. The number of nitro benzene ring substituents is 1. The molecule has 0 unspecified atom stereocenters. The number of non-ortho nitro benzene ring substituents is 1. The molecule has 1 aromatic heterocycles. The van der Waals surface area contributed by atoms with E-state index in [-0.39, 0.29) is 23.4 Å². The number of nitro groups is 1. The number of carbonyl (C=O) groups is 1.